The summed E-state index contributed by atoms with van der Waals surface area (Å²) in [7, 11) is 1.44. The minimum Gasteiger partial charge on any atom is -0.482 e. The number of ether oxygens (including phenoxy) is 1. The van der Waals surface area contributed by atoms with Crippen LogP contribution in [0.4, 0.5) is 0 Å². The van der Waals surface area contributed by atoms with Crippen LogP contribution >= 0.6 is 0 Å². The van der Waals surface area contributed by atoms with Crippen molar-refractivity contribution in [3.05, 3.63) is 23.2 Å². The summed E-state index contributed by atoms with van der Waals surface area (Å²) in [6, 6.07) is 0. The number of methoxy groups -OCH3 is 1. The van der Waals surface area contributed by atoms with Crippen LogP contribution in [-0.2, 0) is 4.74 Å². The van der Waals surface area contributed by atoms with Gasteiger partial charge in [-0.05, 0) is 13.0 Å². The van der Waals surface area contributed by atoms with E-state index in [1.807, 2.05) is 0 Å². The normalized spacial score (nSPS) is 14.3. The lowest BCUT2D eigenvalue weighted by Crippen LogP contribution is -2.07. The van der Waals surface area contributed by atoms with Crippen LogP contribution in [0.5, 0.6) is 0 Å². The van der Waals surface area contributed by atoms with Gasteiger partial charge in [0.25, 0.3) is 0 Å². The molecule has 0 fully saturated rings. The summed E-state index contributed by atoms with van der Waals surface area (Å²) in [5.41, 5.74) is 11.8. The van der Waals surface area contributed by atoms with E-state index in [1.54, 1.807) is 13.0 Å². The van der Waals surface area contributed by atoms with Crippen LogP contribution in [0.2, 0.25) is 0 Å². The summed E-state index contributed by atoms with van der Waals surface area (Å²) in [6.07, 6.45) is 1.57. The molecule has 64 valence electrons. The van der Waals surface area contributed by atoms with Gasteiger partial charge in [0.15, 0.2) is 5.88 Å². The number of aliphatic hydroxyl groups excluding tert-OH is 1. The summed E-state index contributed by atoms with van der Waals surface area (Å²) < 4.78 is 4.70. The minimum atomic E-state index is -0.172. The van der Waals surface area contributed by atoms with Gasteiger partial charge in [0, 0.05) is 11.3 Å². The highest BCUT2D eigenvalue weighted by atomic mass is 16.5. The fraction of sp³-hybridized carbons (Fsp3) is 0.429. The molecule has 0 aromatic rings. The summed E-state index contributed by atoms with van der Waals surface area (Å²) in [6.45, 7) is 1.53. The maximum Gasteiger partial charge on any atom is 0.189 e. The Kier molecular flexibility index (Phi) is 4.14. The standard InChI is InChI=1S/C7H14N2O2/c1-5(8)3-6(4-10)7(9)11-2/h3,10H,4,8-9H2,1-2H3/b5-3-,7-6-. The van der Waals surface area contributed by atoms with E-state index in [0.717, 1.165) is 0 Å². The van der Waals surface area contributed by atoms with Crippen molar-refractivity contribution >= 4 is 0 Å². The van der Waals surface area contributed by atoms with E-state index in [4.69, 9.17) is 21.3 Å². The molecule has 0 aromatic heterocycles. The van der Waals surface area contributed by atoms with Crippen LogP contribution < -0.4 is 11.5 Å². The molecule has 5 N–H and O–H groups in total. The van der Waals surface area contributed by atoms with Gasteiger partial charge in [-0.25, -0.2) is 0 Å². The van der Waals surface area contributed by atoms with Crippen molar-refractivity contribution in [3.8, 4) is 0 Å². The molecule has 0 aliphatic heterocycles. The third kappa shape index (κ3) is 3.52. The van der Waals surface area contributed by atoms with Crippen LogP contribution in [0.15, 0.2) is 23.2 Å². The fourth-order valence-electron chi connectivity index (χ4n) is 0.601. The molecule has 0 amide bonds. The van der Waals surface area contributed by atoms with Crippen LogP contribution in [0.3, 0.4) is 0 Å². The molecule has 0 radical (unpaired) electrons. The summed E-state index contributed by atoms with van der Waals surface area (Å²) in [4.78, 5) is 0. The van der Waals surface area contributed by atoms with Gasteiger partial charge >= 0.3 is 0 Å². The van der Waals surface area contributed by atoms with Gasteiger partial charge in [-0.2, -0.15) is 0 Å². The van der Waals surface area contributed by atoms with Crippen molar-refractivity contribution in [2.45, 2.75) is 6.92 Å². The second kappa shape index (κ2) is 4.62. The van der Waals surface area contributed by atoms with Gasteiger partial charge in [0.1, 0.15) is 0 Å². The number of rotatable bonds is 3. The molecule has 0 heterocycles. The SMILES string of the molecule is CO/C(N)=C(/C=C(/C)N)CO. The number of hydrogen-bond acceptors (Lipinski definition) is 4. The van der Waals surface area contributed by atoms with E-state index < -0.39 is 0 Å². The molecule has 0 bridgehead atoms. The lowest BCUT2D eigenvalue weighted by Gasteiger charge is -2.03. The molecule has 0 atom stereocenters. The smallest absolute Gasteiger partial charge is 0.189 e. The lowest BCUT2D eigenvalue weighted by atomic mass is 10.2. The Hall–Kier alpha value is -1.16. The quantitative estimate of drug-likeness (QED) is 0.387. The first kappa shape index (κ1) is 9.84. The maximum absolute atomic E-state index is 8.76. The minimum absolute atomic E-state index is 0.172. The molecule has 0 aromatic carbocycles. The van der Waals surface area contributed by atoms with Crippen molar-refractivity contribution in [1.82, 2.24) is 0 Å². The third-order valence-electron chi connectivity index (χ3n) is 1.11. The Bertz CT molecular complexity index is 181. The average Bonchev–Trinajstić information content (AvgIpc) is 1.98. The predicted octanol–water partition coefficient (Wildman–Crippen LogP) is -0.342. The highest BCUT2D eigenvalue weighted by Gasteiger charge is 1.98. The first-order valence-electron chi connectivity index (χ1n) is 3.19. The second-order valence-corrected chi connectivity index (χ2v) is 2.14. The largest absolute Gasteiger partial charge is 0.482 e. The molecule has 0 aliphatic rings. The Morgan fingerprint density at radius 3 is 2.36 bits per heavy atom. The van der Waals surface area contributed by atoms with E-state index in [-0.39, 0.29) is 12.5 Å². The zero-order valence-electron chi connectivity index (χ0n) is 6.79. The highest BCUT2D eigenvalue weighted by Crippen LogP contribution is 2.01. The van der Waals surface area contributed by atoms with Gasteiger partial charge in [-0.1, -0.05) is 0 Å². The Labute approximate surface area is 66.1 Å². The summed E-state index contributed by atoms with van der Waals surface area (Å²) in [5, 5.41) is 8.76. The highest BCUT2D eigenvalue weighted by molar-refractivity contribution is 5.23. The zero-order valence-corrected chi connectivity index (χ0v) is 6.79. The second-order valence-electron chi connectivity index (χ2n) is 2.14. The number of hydrogen-bond donors (Lipinski definition) is 3. The van der Waals surface area contributed by atoms with Gasteiger partial charge in [0.05, 0.1) is 13.7 Å². The topological polar surface area (TPSA) is 81.5 Å². The van der Waals surface area contributed by atoms with E-state index in [2.05, 4.69) is 0 Å². The van der Waals surface area contributed by atoms with Crippen molar-refractivity contribution < 1.29 is 9.84 Å². The van der Waals surface area contributed by atoms with Gasteiger partial charge in [-0.15, -0.1) is 0 Å². The molecule has 0 rings (SSSR count). The van der Waals surface area contributed by atoms with Gasteiger partial charge < -0.3 is 21.3 Å². The van der Waals surface area contributed by atoms with E-state index in [9.17, 15) is 0 Å². The van der Waals surface area contributed by atoms with E-state index in [0.29, 0.717) is 11.3 Å². The number of nitrogens with two attached hydrogens (primary N) is 2. The van der Waals surface area contributed by atoms with Crippen LogP contribution in [0, 0.1) is 0 Å². The van der Waals surface area contributed by atoms with Gasteiger partial charge in [0.2, 0.25) is 0 Å². The molecule has 4 nitrogen and oxygen atoms in total. The molecular weight excluding hydrogens is 144 g/mol. The zero-order chi connectivity index (χ0) is 8.85. The van der Waals surface area contributed by atoms with Crippen molar-refractivity contribution in [1.29, 1.82) is 0 Å². The van der Waals surface area contributed by atoms with Crippen molar-refractivity contribution in [2.75, 3.05) is 13.7 Å². The van der Waals surface area contributed by atoms with Crippen molar-refractivity contribution in [2.24, 2.45) is 11.5 Å². The summed E-state index contributed by atoms with van der Waals surface area (Å²) in [5.74, 6) is 0.192. The average molecular weight is 158 g/mol. The maximum atomic E-state index is 8.76. The molecular formula is C7H14N2O2. The predicted molar refractivity (Wildman–Crippen MR) is 43.3 cm³/mol. The molecule has 0 saturated heterocycles. The molecule has 0 unspecified atom stereocenters. The third-order valence-corrected chi connectivity index (χ3v) is 1.11. The first-order valence-corrected chi connectivity index (χ1v) is 3.19. The molecule has 11 heavy (non-hydrogen) atoms. The van der Waals surface area contributed by atoms with Crippen LogP contribution in [0.25, 0.3) is 0 Å². The van der Waals surface area contributed by atoms with Crippen LogP contribution in [0.1, 0.15) is 6.92 Å². The Morgan fingerprint density at radius 2 is 2.09 bits per heavy atom. The molecule has 0 saturated carbocycles. The first-order chi connectivity index (χ1) is 5.11. The van der Waals surface area contributed by atoms with Gasteiger partial charge in [-0.3, -0.25) is 0 Å². The Balaban J connectivity index is 4.52. The monoisotopic (exact) mass is 158 g/mol. The van der Waals surface area contributed by atoms with E-state index in [1.165, 1.54) is 7.11 Å². The van der Waals surface area contributed by atoms with E-state index >= 15 is 0 Å². The molecule has 0 aliphatic carbocycles. The summed E-state index contributed by atoms with van der Waals surface area (Å²) >= 11 is 0. The van der Waals surface area contributed by atoms with Crippen molar-refractivity contribution in [3.63, 3.8) is 0 Å². The number of aliphatic hydroxyl groups is 1. The van der Waals surface area contributed by atoms with Crippen LogP contribution in [-0.4, -0.2) is 18.8 Å². The molecule has 4 heteroatoms. The Morgan fingerprint density at radius 1 is 1.55 bits per heavy atom. The fourth-order valence-corrected chi connectivity index (χ4v) is 0.601. The molecule has 0 spiro atoms. The number of allylic oxidation sites excluding steroid dienone is 1. The lowest BCUT2D eigenvalue weighted by molar-refractivity contribution is 0.268.